The highest BCUT2D eigenvalue weighted by Crippen LogP contribution is 2.16. The number of carbonyl (C=O) groups is 1. The van der Waals surface area contributed by atoms with Gasteiger partial charge >= 0.3 is 0 Å². The van der Waals surface area contributed by atoms with Crippen LogP contribution in [0.4, 0.5) is 0 Å². The Balaban J connectivity index is 1.80. The Morgan fingerprint density at radius 1 is 1.50 bits per heavy atom. The minimum Gasteiger partial charge on any atom is -0.352 e. The van der Waals surface area contributed by atoms with E-state index in [4.69, 9.17) is 0 Å². The molecule has 0 spiro atoms. The van der Waals surface area contributed by atoms with Gasteiger partial charge in [0, 0.05) is 23.7 Å². The maximum absolute atomic E-state index is 11.7. The van der Waals surface area contributed by atoms with Gasteiger partial charge in [-0.2, -0.15) is 0 Å². The predicted octanol–water partition coefficient (Wildman–Crippen LogP) is 2.78. The molecule has 0 unspecified atom stereocenters. The quantitative estimate of drug-likeness (QED) is 0.848. The van der Waals surface area contributed by atoms with Gasteiger partial charge in [0.25, 0.3) is 5.91 Å². The van der Waals surface area contributed by atoms with E-state index in [2.05, 4.69) is 32.9 Å². The van der Waals surface area contributed by atoms with Crippen LogP contribution in [0.5, 0.6) is 0 Å². The third-order valence-electron chi connectivity index (χ3n) is 1.98. The molecule has 0 aromatic carbocycles. The van der Waals surface area contributed by atoms with Crippen molar-refractivity contribution < 1.29 is 4.79 Å². The minimum absolute atomic E-state index is 0.00519. The maximum atomic E-state index is 11.7. The first-order valence-corrected chi connectivity index (χ1v) is 7.55. The van der Waals surface area contributed by atoms with Gasteiger partial charge < -0.3 is 5.32 Å². The van der Waals surface area contributed by atoms with Crippen molar-refractivity contribution in [3.8, 4) is 0 Å². The molecule has 1 amide bonds. The average molecular weight is 364 g/mol. The highest BCUT2D eigenvalue weighted by atomic mass is 127. The van der Waals surface area contributed by atoms with E-state index in [1.807, 2.05) is 16.8 Å². The molecule has 2 aromatic heterocycles. The molecule has 0 radical (unpaired) electrons. The Morgan fingerprint density at radius 2 is 2.38 bits per heavy atom. The highest BCUT2D eigenvalue weighted by Gasteiger charge is 2.06. The Kier molecular flexibility index (Phi) is 4.30. The van der Waals surface area contributed by atoms with Crippen LogP contribution in [0.15, 0.2) is 22.3 Å². The molecule has 0 saturated heterocycles. The second-order valence-corrected chi connectivity index (χ2v) is 6.65. The van der Waals surface area contributed by atoms with Gasteiger partial charge in [-0.05, 0) is 28.7 Å². The van der Waals surface area contributed by atoms with Gasteiger partial charge in [0.2, 0.25) is 0 Å². The number of carbonyl (C=O) groups excluding carboxylic acids is 1. The lowest BCUT2D eigenvalue weighted by Gasteiger charge is -2.01. The fraction of sp³-hybridized carbons (Fsp3) is 0.200. The predicted molar refractivity (Wildman–Crippen MR) is 75.2 cm³/mol. The fourth-order valence-electron chi connectivity index (χ4n) is 1.20. The summed E-state index contributed by atoms with van der Waals surface area (Å²) in [6.45, 7) is 0.634. The molecular formula is C10H9IN2OS2. The van der Waals surface area contributed by atoms with Gasteiger partial charge in [-0.1, -0.05) is 0 Å². The van der Waals surface area contributed by atoms with Crippen LogP contribution in [0.3, 0.4) is 0 Å². The molecule has 84 valence electrons. The zero-order chi connectivity index (χ0) is 11.4. The monoisotopic (exact) mass is 364 g/mol. The molecule has 2 aromatic rings. The number of thiophene rings is 1. The van der Waals surface area contributed by atoms with Crippen molar-refractivity contribution in [2.75, 3.05) is 6.54 Å². The van der Waals surface area contributed by atoms with E-state index in [1.54, 1.807) is 28.2 Å². The number of hydrogen-bond donors (Lipinski definition) is 1. The summed E-state index contributed by atoms with van der Waals surface area (Å²) in [4.78, 5) is 15.8. The Hall–Kier alpha value is -0.470. The summed E-state index contributed by atoms with van der Waals surface area (Å²) in [7, 11) is 0. The van der Waals surface area contributed by atoms with E-state index in [-0.39, 0.29) is 5.91 Å². The number of thiazole rings is 1. The summed E-state index contributed by atoms with van der Waals surface area (Å²) in [5, 5.41) is 6.75. The van der Waals surface area contributed by atoms with Crippen molar-refractivity contribution >= 4 is 51.2 Å². The molecule has 3 nitrogen and oxygen atoms in total. The SMILES string of the molecule is O=C(NCCc1cscn1)c1csc(I)c1. The summed E-state index contributed by atoms with van der Waals surface area (Å²) < 4.78 is 1.13. The zero-order valence-electron chi connectivity index (χ0n) is 8.27. The molecule has 0 saturated carbocycles. The van der Waals surface area contributed by atoms with Gasteiger partial charge in [-0.15, -0.1) is 22.7 Å². The lowest BCUT2D eigenvalue weighted by molar-refractivity contribution is 0.0954. The van der Waals surface area contributed by atoms with E-state index in [0.29, 0.717) is 6.54 Å². The molecule has 0 atom stereocenters. The Morgan fingerprint density at radius 3 is 3.00 bits per heavy atom. The summed E-state index contributed by atoms with van der Waals surface area (Å²) in [5.74, 6) is -0.00519. The zero-order valence-corrected chi connectivity index (χ0v) is 12.1. The van der Waals surface area contributed by atoms with Crippen LogP contribution >= 0.6 is 45.3 Å². The van der Waals surface area contributed by atoms with Crippen molar-refractivity contribution in [2.45, 2.75) is 6.42 Å². The molecule has 2 rings (SSSR count). The van der Waals surface area contributed by atoms with Crippen LogP contribution in [0.25, 0.3) is 0 Å². The minimum atomic E-state index is -0.00519. The first kappa shape index (κ1) is 12.0. The van der Waals surface area contributed by atoms with E-state index >= 15 is 0 Å². The average Bonchev–Trinajstić information content (AvgIpc) is 2.89. The highest BCUT2D eigenvalue weighted by molar-refractivity contribution is 14.1. The normalized spacial score (nSPS) is 10.3. The van der Waals surface area contributed by atoms with Crippen LogP contribution in [0.2, 0.25) is 0 Å². The molecule has 6 heteroatoms. The molecule has 0 fully saturated rings. The first-order chi connectivity index (χ1) is 7.75. The molecule has 0 aliphatic carbocycles. The second kappa shape index (κ2) is 5.74. The summed E-state index contributed by atoms with van der Waals surface area (Å²) in [6, 6.07) is 1.89. The van der Waals surface area contributed by atoms with E-state index in [0.717, 1.165) is 20.6 Å². The number of amides is 1. The van der Waals surface area contributed by atoms with E-state index < -0.39 is 0 Å². The van der Waals surface area contributed by atoms with Gasteiger partial charge in [-0.25, -0.2) is 4.98 Å². The number of nitrogens with one attached hydrogen (secondary N) is 1. The summed E-state index contributed by atoms with van der Waals surface area (Å²) in [5.41, 5.74) is 3.58. The van der Waals surface area contributed by atoms with E-state index in [9.17, 15) is 4.79 Å². The second-order valence-electron chi connectivity index (χ2n) is 3.13. The molecule has 0 bridgehead atoms. The molecule has 2 heterocycles. The van der Waals surface area contributed by atoms with Crippen LogP contribution in [-0.4, -0.2) is 17.4 Å². The standard InChI is InChI=1S/C10H9IN2OS2/c11-9-3-7(4-16-9)10(14)12-2-1-8-5-15-6-13-8/h3-6H,1-2H2,(H,12,14). The van der Waals surface area contributed by atoms with Gasteiger partial charge in [0.1, 0.15) is 0 Å². The van der Waals surface area contributed by atoms with Crippen molar-refractivity contribution in [1.29, 1.82) is 0 Å². The first-order valence-electron chi connectivity index (χ1n) is 4.65. The largest absolute Gasteiger partial charge is 0.352 e. The maximum Gasteiger partial charge on any atom is 0.252 e. The van der Waals surface area contributed by atoms with Crippen molar-refractivity contribution in [2.24, 2.45) is 0 Å². The van der Waals surface area contributed by atoms with Crippen LogP contribution < -0.4 is 5.32 Å². The van der Waals surface area contributed by atoms with Crippen molar-refractivity contribution in [3.05, 3.63) is 36.5 Å². The van der Waals surface area contributed by atoms with Gasteiger partial charge in [0.15, 0.2) is 0 Å². The molecular weight excluding hydrogens is 355 g/mol. The molecule has 16 heavy (non-hydrogen) atoms. The summed E-state index contributed by atoms with van der Waals surface area (Å²) >= 11 is 5.36. The number of hydrogen-bond acceptors (Lipinski definition) is 4. The van der Waals surface area contributed by atoms with Crippen LogP contribution in [0, 0.1) is 2.88 Å². The molecule has 0 aliphatic heterocycles. The Bertz CT molecular complexity index is 467. The van der Waals surface area contributed by atoms with Crippen LogP contribution in [0.1, 0.15) is 16.1 Å². The van der Waals surface area contributed by atoms with Gasteiger partial charge in [0.05, 0.1) is 19.7 Å². The number of rotatable bonds is 4. The van der Waals surface area contributed by atoms with Gasteiger partial charge in [-0.3, -0.25) is 4.79 Å². The number of halogens is 1. The third-order valence-corrected chi connectivity index (χ3v) is 4.40. The third kappa shape index (κ3) is 3.26. The molecule has 1 N–H and O–H groups in total. The van der Waals surface area contributed by atoms with Crippen molar-refractivity contribution in [3.63, 3.8) is 0 Å². The van der Waals surface area contributed by atoms with Crippen molar-refractivity contribution in [1.82, 2.24) is 10.3 Å². The topological polar surface area (TPSA) is 42.0 Å². The Labute approximate surface area is 115 Å². The fourth-order valence-corrected chi connectivity index (χ4v) is 3.12. The smallest absolute Gasteiger partial charge is 0.252 e. The lowest BCUT2D eigenvalue weighted by Crippen LogP contribution is -2.25. The number of nitrogens with zero attached hydrogens (tertiary/aromatic N) is 1. The number of aromatic nitrogens is 1. The lowest BCUT2D eigenvalue weighted by atomic mass is 10.3. The van der Waals surface area contributed by atoms with E-state index in [1.165, 1.54) is 0 Å². The molecule has 0 aliphatic rings. The summed E-state index contributed by atoms with van der Waals surface area (Å²) in [6.07, 6.45) is 0.788. The van der Waals surface area contributed by atoms with Crippen LogP contribution in [-0.2, 0) is 6.42 Å².